The quantitative estimate of drug-likeness (QED) is 0.168. The molecule has 0 saturated heterocycles. The number of rotatable bonds is 0. The molecule has 243 valence electrons. The van der Waals surface area contributed by atoms with Crippen LogP contribution in [0.4, 0.5) is 0 Å². The van der Waals surface area contributed by atoms with Gasteiger partial charge < -0.3 is 193 Å². The van der Waals surface area contributed by atoms with Crippen molar-refractivity contribution in [2.45, 2.75) is 0 Å². The molecule has 0 rings (SSSR count). The fourth-order valence-corrected chi connectivity index (χ4v) is 0. The SMILES string of the molecule is N#CO.N#CO.N#CO.[Al+3].[C-]#N.[C-]#N.[C-]#N.[C-]#N.[C-]#N.[C-]#N.[C-]#N.[C-]#N.[C-]#N.[C-]#N.[C-]#N.[C-]#N.[C-]#N.[C-]#N.[C-]#N.[O]=[Co].[O]=[Co].[O]=[Co]. The van der Waals surface area contributed by atoms with Gasteiger partial charge >= 0.3 is 76.0 Å². The van der Waals surface area contributed by atoms with Crippen molar-refractivity contribution in [3.63, 3.8) is 0 Å². The molecule has 0 unspecified atom stereocenters. The first kappa shape index (κ1) is 206. The third-order valence-corrected chi connectivity index (χ3v) is 0. The Bertz CT molecular complexity index is 573. The third-order valence-electron chi connectivity index (χ3n) is 0. The molecule has 0 aromatic heterocycles. The second kappa shape index (κ2) is 1640. The summed E-state index contributed by atoms with van der Waals surface area (Å²) in [6, 6.07) is 0. The molecule has 0 radical (unpaired) electrons. The number of aliphatic hydroxyl groups excluding tert-OH is 3. The number of nitriles is 3. The van der Waals surface area contributed by atoms with Crippen LogP contribution < -0.4 is 0 Å². The fraction of sp³-hybridized carbons (Fsp3) is 0. The molecule has 0 atom stereocenters. The molecule has 0 aliphatic heterocycles. The van der Waals surface area contributed by atoms with Crippen molar-refractivity contribution in [1.82, 2.24) is 0 Å². The van der Waals surface area contributed by atoms with Gasteiger partial charge in [-0.1, -0.05) is 0 Å². The van der Waals surface area contributed by atoms with Crippen LogP contribution in [0.1, 0.15) is 0 Å². The third kappa shape index (κ3) is 618. The molecule has 0 heterocycles. The molecule has 0 aliphatic carbocycles. The van der Waals surface area contributed by atoms with Crippen molar-refractivity contribution in [2.24, 2.45) is 0 Å². The summed E-state index contributed by atoms with van der Waals surface area (Å²) in [5.41, 5.74) is 0. The van der Waals surface area contributed by atoms with E-state index in [1.54, 1.807) is 0 Å². The van der Waals surface area contributed by atoms with Gasteiger partial charge in [0.15, 0.2) is 0 Å². The van der Waals surface area contributed by atoms with Gasteiger partial charge in [-0.15, -0.1) is 0 Å². The van der Waals surface area contributed by atoms with Gasteiger partial charge in [0, 0.05) is 0 Å². The van der Waals surface area contributed by atoms with Crippen LogP contribution in [-0.4, -0.2) is 32.7 Å². The molecule has 0 aliphatic rings. The Morgan fingerprint density at radius 3 is 0.261 bits per heavy atom. The minimum absolute atomic E-state index is 0. The Morgan fingerprint density at radius 1 is 0.261 bits per heavy atom. The molecule has 46 heavy (non-hydrogen) atoms. The van der Waals surface area contributed by atoms with Gasteiger partial charge in [0.2, 0.25) is 0 Å². The van der Waals surface area contributed by atoms with Crippen LogP contribution in [-0.2, 0) is 58.6 Å². The second-order valence-corrected chi connectivity index (χ2v) is 0.300. The van der Waals surface area contributed by atoms with Gasteiger partial charge in [0.1, 0.15) is 0 Å². The van der Waals surface area contributed by atoms with E-state index in [-0.39, 0.29) is 17.4 Å². The van der Waals surface area contributed by atoms with Gasteiger partial charge in [0.25, 0.3) is 18.8 Å². The van der Waals surface area contributed by atoms with Crippen molar-refractivity contribution in [3.05, 3.63) is 98.6 Å². The van der Waals surface area contributed by atoms with Crippen LogP contribution in [0.2, 0.25) is 0 Å². The Labute approximate surface area is 302 Å². The summed E-state index contributed by atoms with van der Waals surface area (Å²) in [6.07, 6.45) is 2.25. The van der Waals surface area contributed by atoms with Gasteiger partial charge in [-0.25, -0.2) is 0 Å². The standard InChI is InChI=1S/3CHNO.15CN.Al.3Co.3O/c3*2-1-3;15*1-2;;;;;;;/h3*3H;;;;;;;;;;;;;;;;;;;;;;/q;;;15*-1;+3;;;;;;. The van der Waals surface area contributed by atoms with Crippen molar-refractivity contribution in [2.75, 3.05) is 0 Å². The fourth-order valence-electron chi connectivity index (χ4n) is 0. The van der Waals surface area contributed by atoms with E-state index < -0.39 is 0 Å². The van der Waals surface area contributed by atoms with Crippen LogP contribution in [0, 0.1) is 212 Å². The van der Waals surface area contributed by atoms with E-state index in [0.717, 1.165) is 18.8 Å². The molecule has 0 amide bonds. The van der Waals surface area contributed by atoms with Crippen LogP contribution in [0.5, 0.6) is 0 Å². The van der Waals surface area contributed by atoms with E-state index in [1.165, 1.54) is 0 Å². The summed E-state index contributed by atoms with van der Waals surface area (Å²) in [6.45, 7) is 71.2. The number of aliphatic hydroxyl groups is 3. The van der Waals surface area contributed by atoms with E-state index >= 15 is 0 Å². The van der Waals surface area contributed by atoms with E-state index in [9.17, 15) is 0 Å². The van der Waals surface area contributed by atoms with Crippen LogP contribution >= 0.6 is 0 Å². The van der Waals surface area contributed by atoms with Crippen LogP contribution in [0.15, 0.2) is 0 Å². The Hall–Kier alpha value is -8.33. The molecule has 3 N–H and O–H groups in total. The zero-order chi connectivity index (χ0) is 44.1. The first-order valence-corrected chi connectivity index (χ1v) is 6.38. The van der Waals surface area contributed by atoms with E-state index in [0.29, 0.717) is 0 Å². The summed E-state index contributed by atoms with van der Waals surface area (Å²) >= 11 is 6.94. The normalized spacial score (nSPS) is 1.43. The topological polar surface area (TPSA) is 540 Å². The average Bonchev–Trinajstić information content (AvgIpc) is 3.23. The maximum atomic E-state index is 7.94. The van der Waals surface area contributed by atoms with Gasteiger partial charge in [-0.05, 0) is 0 Å². The summed E-state index contributed by atoms with van der Waals surface area (Å²) in [4.78, 5) is 0. The number of hydrogen-bond acceptors (Lipinski definition) is 24. The number of nitrogens with zero attached hydrogens (tertiary/aromatic N) is 18. The molecule has 0 aromatic rings. The minimum atomic E-state index is 0. The van der Waals surface area contributed by atoms with Crippen molar-refractivity contribution in [1.29, 1.82) is 94.7 Å². The van der Waals surface area contributed by atoms with E-state index in [4.69, 9.17) is 220 Å². The second-order valence-electron chi connectivity index (χ2n) is 0.300. The van der Waals surface area contributed by atoms with Crippen molar-refractivity contribution in [3.8, 4) is 18.8 Å². The maximum absolute atomic E-state index is 7.94. The summed E-state index contributed by atoms with van der Waals surface area (Å²) in [5, 5.41) is 135. The molecule has 0 spiro atoms. The molecule has 0 bridgehead atoms. The Morgan fingerprint density at radius 2 is 0.261 bits per heavy atom. The molecule has 24 nitrogen and oxygen atoms in total. The molecule has 0 saturated carbocycles. The predicted octanol–water partition coefficient (Wildman–Crippen LogP) is 0.221. The van der Waals surface area contributed by atoms with Gasteiger partial charge in [-0.2, -0.15) is 15.8 Å². The number of hydrogen-bond donors (Lipinski definition) is 3. The zero-order valence-corrected chi connectivity index (χ0v) is 25.5. The summed E-state index contributed by atoms with van der Waals surface area (Å²) in [5.74, 6) is 0. The average molecular weight is 771 g/mol. The molecule has 0 fully saturated rings. The van der Waals surface area contributed by atoms with Crippen molar-refractivity contribution < 1.29 is 73.9 Å². The molecular weight excluding hydrogens is 768 g/mol. The first-order valence-electron chi connectivity index (χ1n) is 5.10. The predicted molar refractivity (Wildman–Crippen MR) is 105 cm³/mol. The summed E-state index contributed by atoms with van der Waals surface area (Å²) < 4.78 is 23.8. The molecule has 0 aromatic carbocycles. The van der Waals surface area contributed by atoms with Gasteiger partial charge in [-0.3, -0.25) is 0 Å². The Balaban J connectivity index is -0.00000000658. The molecular formula is C18H3AlCo3N18O6-12. The van der Waals surface area contributed by atoms with Crippen molar-refractivity contribution >= 4 is 17.4 Å². The van der Waals surface area contributed by atoms with E-state index in [1.807, 2.05) is 0 Å². The zero-order valence-electron chi connectivity index (χ0n) is 21.2. The van der Waals surface area contributed by atoms with Crippen LogP contribution in [0.25, 0.3) is 0 Å². The van der Waals surface area contributed by atoms with Crippen LogP contribution in [0.3, 0.4) is 0 Å². The van der Waals surface area contributed by atoms with Gasteiger partial charge in [0.05, 0.1) is 0 Å². The Kier molecular flexibility index (Phi) is 7370. The summed E-state index contributed by atoms with van der Waals surface area (Å²) in [7, 11) is 0. The molecule has 28 heteroatoms. The monoisotopic (exact) mass is 771 g/mol. The first-order chi connectivity index (χ1) is 22.2. The van der Waals surface area contributed by atoms with E-state index in [2.05, 4.69) is 47.0 Å².